The van der Waals surface area contributed by atoms with Crippen molar-refractivity contribution in [3.8, 4) is 0 Å². The minimum atomic E-state index is -0.110. The van der Waals surface area contributed by atoms with Gasteiger partial charge in [0.2, 0.25) is 0 Å². The Bertz CT molecular complexity index is 435. The molecule has 0 spiro atoms. The molecule has 20 heavy (non-hydrogen) atoms. The van der Waals surface area contributed by atoms with E-state index in [1.165, 1.54) is 0 Å². The predicted molar refractivity (Wildman–Crippen MR) is 75.1 cm³/mol. The van der Waals surface area contributed by atoms with Gasteiger partial charge in [0.05, 0.1) is 12.7 Å². The monoisotopic (exact) mass is 276 g/mol. The van der Waals surface area contributed by atoms with Gasteiger partial charge in [-0.25, -0.2) is 14.8 Å². The molecule has 0 aromatic carbocycles. The van der Waals surface area contributed by atoms with Gasteiger partial charge in [0, 0.05) is 51.0 Å². The van der Waals surface area contributed by atoms with Gasteiger partial charge in [0.15, 0.2) is 0 Å². The molecule has 0 saturated heterocycles. The quantitative estimate of drug-likeness (QED) is 0.702. The summed E-state index contributed by atoms with van der Waals surface area (Å²) in [5, 5.41) is 5.67. The summed E-state index contributed by atoms with van der Waals surface area (Å²) in [6.07, 6.45) is 12.6. The molecule has 0 atom stereocenters. The summed E-state index contributed by atoms with van der Waals surface area (Å²) in [6, 6.07) is -0.110. The van der Waals surface area contributed by atoms with Crippen molar-refractivity contribution in [1.29, 1.82) is 0 Å². The number of hydrogen-bond acceptors (Lipinski definition) is 3. The Labute approximate surface area is 118 Å². The van der Waals surface area contributed by atoms with Gasteiger partial charge in [-0.1, -0.05) is 0 Å². The summed E-state index contributed by atoms with van der Waals surface area (Å²) >= 11 is 0. The summed E-state index contributed by atoms with van der Waals surface area (Å²) in [5.41, 5.74) is 0. The Hall–Kier alpha value is -2.31. The number of aryl methyl sites for hydroxylation is 2. The minimum absolute atomic E-state index is 0.110. The van der Waals surface area contributed by atoms with E-state index >= 15 is 0 Å². The van der Waals surface area contributed by atoms with E-state index in [4.69, 9.17) is 0 Å². The normalized spacial score (nSPS) is 10.4. The van der Waals surface area contributed by atoms with Crippen molar-refractivity contribution < 1.29 is 4.79 Å². The van der Waals surface area contributed by atoms with Crippen molar-refractivity contribution in [3.63, 3.8) is 0 Å². The average molecular weight is 276 g/mol. The van der Waals surface area contributed by atoms with Gasteiger partial charge in [-0.05, 0) is 12.8 Å². The number of carbonyl (C=O) groups excluding carboxylic acids is 1. The molecule has 2 amide bonds. The van der Waals surface area contributed by atoms with E-state index in [1.54, 1.807) is 25.0 Å². The van der Waals surface area contributed by atoms with Gasteiger partial charge in [-0.2, -0.15) is 0 Å². The highest BCUT2D eigenvalue weighted by Gasteiger charge is 1.99. The number of carbonyl (C=O) groups is 1. The molecule has 0 aliphatic rings. The molecule has 0 saturated carbocycles. The lowest BCUT2D eigenvalue weighted by Crippen LogP contribution is -2.37. The second-order valence-corrected chi connectivity index (χ2v) is 4.49. The number of rotatable bonds is 8. The van der Waals surface area contributed by atoms with Gasteiger partial charge < -0.3 is 19.8 Å². The number of nitrogens with one attached hydrogen (secondary N) is 2. The third-order valence-electron chi connectivity index (χ3n) is 2.88. The van der Waals surface area contributed by atoms with Crippen LogP contribution in [0.3, 0.4) is 0 Å². The Balaban J connectivity index is 1.46. The highest BCUT2D eigenvalue weighted by atomic mass is 16.2. The fourth-order valence-corrected chi connectivity index (χ4v) is 1.83. The molecule has 2 aromatic heterocycles. The number of imidazole rings is 2. The second-order valence-electron chi connectivity index (χ2n) is 4.49. The molecule has 2 aromatic rings. The van der Waals surface area contributed by atoms with Crippen LogP contribution < -0.4 is 10.6 Å². The maximum atomic E-state index is 11.5. The first-order valence-corrected chi connectivity index (χ1v) is 6.78. The average Bonchev–Trinajstić information content (AvgIpc) is 3.13. The Kier molecular flexibility index (Phi) is 5.63. The second kappa shape index (κ2) is 7.98. The Morgan fingerprint density at radius 3 is 1.80 bits per heavy atom. The molecule has 108 valence electrons. The summed E-state index contributed by atoms with van der Waals surface area (Å²) in [6.45, 7) is 3.04. The number of aromatic nitrogens is 4. The maximum absolute atomic E-state index is 11.5. The van der Waals surface area contributed by atoms with Crippen LogP contribution in [-0.2, 0) is 13.1 Å². The third kappa shape index (κ3) is 5.13. The molecule has 2 heterocycles. The van der Waals surface area contributed by atoms with Crippen LogP contribution >= 0.6 is 0 Å². The first kappa shape index (κ1) is 14.1. The van der Waals surface area contributed by atoms with Crippen molar-refractivity contribution >= 4 is 6.03 Å². The Morgan fingerprint density at radius 2 is 1.40 bits per heavy atom. The minimum Gasteiger partial charge on any atom is -0.338 e. The van der Waals surface area contributed by atoms with Crippen molar-refractivity contribution in [1.82, 2.24) is 29.7 Å². The van der Waals surface area contributed by atoms with E-state index in [0.717, 1.165) is 25.9 Å². The molecule has 2 rings (SSSR count). The van der Waals surface area contributed by atoms with Gasteiger partial charge >= 0.3 is 6.03 Å². The van der Waals surface area contributed by atoms with Gasteiger partial charge in [0.1, 0.15) is 0 Å². The molecule has 0 bridgehead atoms. The first-order valence-electron chi connectivity index (χ1n) is 6.78. The molecule has 0 aliphatic carbocycles. The molecule has 7 nitrogen and oxygen atoms in total. The first-order chi connectivity index (χ1) is 9.84. The van der Waals surface area contributed by atoms with Crippen LogP contribution in [0.5, 0.6) is 0 Å². The number of hydrogen-bond donors (Lipinski definition) is 2. The Morgan fingerprint density at radius 1 is 0.900 bits per heavy atom. The van der Waals surface area contributed by atoms with Crippen LogP contribution in [0.1, 0.15) is 12.8 Å². The zero-order valence-corrected chi connectivity index (χ0v) is 11.4. The SMILES string of the molecule is O=C(NCCCn1ccnc1)NCCCn1ccnc1. The van der Waals surface area contributed by atoms with Crippen molar-refractivity contribution in [2.75, 3.05) is 13.1 Å². The van der Waals surface area contributed by atoms with E-state index in [-0.39, 0.29) is 6.03 Å². The molecule has 0 radical (unpaired) electrons. The molecule has 0 fully saturated rings. The molecule has 0 aliphatic heterocycles. The smallest absolute Gasteiger partial charge is 0.314 e. The predicted octanol–water partition coefficient (Wildman–Crippen LogP) is 0.859. The third-order valence-corrected chi connectivity index (χ3v) is 2.88. The van der Waals surface area contributed by atoms with Gasteiger partial charge in [0.25, 0.3) is 0 Å². The van der Waals surface area contributed by atoms with Crippen LogP contribution in [0.25, 0.3) is 0 Å². The van der Waals surface area contributed by atoms with Crippen LogP contribution in [0.2, 0.25) is 0 Å². The summed E-state index contributed by atoms with van der Waals surface area (Å²) < 4.78 is 3.98. The molecule has 2 N–H and O–H groups in total. The molecule has 0 unspecified atom stereocenters. The van der Waals surface area contributed by atoms with E-state index in [9.17, 15) is 4.79 Å². The van der Waals surface area contributed by atoms with Gasteiger partial charge in [-0.15, -0.1) is 0 Å². The van der Waals surface area contributed by atoms with Crippen LogP contribution in [-0.4, -0.2) is 38.2 Å². The van der Waals surface area contributed by atoms with Crippen LogP contribution in [0, 0.1) is 0 Å². The summed E-state index contributed by atoms with van der Waals surface area (Å²) in [5.74, 6) is 0. The summed E-state index contributed by atoms with van der Waals surface area (Å²) in [4.78, 5) is 19.4. The van der Waals surface area contributed by atoms with Crippen molar-refractivity contribution in [3.05, 3.63) is 37.4 Å². The topological polar surface area (TPSA) is 76.8 Å². The lowest BCUT2D eigenvalue weighted by molar-refractivity contribution is 0.240. The van der Waals surface area contributed by atoms with E-state index < -0.39 is 0 Å². The zero-order valence-electron chi connectivity index (χ0n) is 11.4. The molecule has 7 heteroatoms. The zero-order chi connectivity index (χ0) is 14.0. The van der Waals surface area contributed by atoms with Crippen LogP contribution in [0.15, 0.2) is 37.4 Å². The van der Waals surface area contributed by atoms with E-state index in [1.807, 2.05) is 21.5 Å². The number of urea groups is 1. The fraction of sp³-hybridized carbons (Fsp3) is 0.462. The number of nitrogens with zero attached hydrogens (tertiary/aromatic N) is 4. The largest absolute Gasteiger partial charge is 0.338 e. The van der Waals surface area contributed by atoms with Crippen LogP contribution in [0.4, 0.5) is 4.79 Å². The van der Waals surface area contributed by atoms with E-state index in [2.05, 4.69) is 20.6 Å². The molecular formula is C13H20N6O. The fourth-order valence-electron chi connectivity index (χ4n) is 1.83. The standard InChI is InChI=1S/C13H20N6O/c20-13(16-3-1-7-18-9-5-14-11-18)17-4-2-8-19-10-6-15-12-19/h5-6,9-12H,1-4,7-8H2,(H2,16,17,20). The highest BCUT2D eigenvalue weighted by molar-refractivity contribution is 5.73. The lowest BCUT2D eigenvalue weighted by Gasteiger charge is -2.08. The summed E-state index contributed by atoms with van der Waals surface area (Å²) in [7, 11) is 0. The molecular weight excluding hydrogens is 256 g/mol. The lowest BCUT2D eigenvalue weighted by atomic mass is 10.4. The van der Waals surface area contributed by atoms with E-state index in [0.29, 0.717) is 13.1 Å². The van der Waals surface area contributed by atoms with Crippen molar-refractivity contribution in [2.24, 2.45) is 0 Å². The van der Waals surface area contributed by atoms with Crippen molar-refractivity contribution in [2.45, 2.75) is 25.9 Å². The number of amides is 2. The highest BCUT2D eigenvalue weighted by Crippen LogP contribution is 1.90. The maximum Gasteiger partial charge on any atom is 0.314 e. The van der Waals surface area contributed by atoms with Gasteiger partial charge in [-0.3, -0.25) is 0 Å².